The van der Waals surface area contributed by atoms with Crippen LogP contribution in [0, 0.1) is 5.92 Å². The lowest BCUT2D eigenvalue weighted by molar-refractivity contribution is -0.145. The Bertz CT molecular complexity index is 1380. The molecule has 4 aromatic rings. The summed E-state index contributed by atoms with van der Waals surface area (Å²) in [7, 11) is 1.29. The first-order valence-corrected chi connectivity index (χ1v) is 12.6. The molecule has 4 aromatic carbocycles. The van der Waals surface area contributed by atoms with Crippen molar-refractivity contribution in [1.29, 1.82) is 0 Å². The maximum absolute atomic E-state index is 13.4. The second kappa shape index (κ2) is 12.2. The third kappa shape index (κ3) is 6.29. The van der Waals surface area contributed by atoms with Crippen molar-refractivity contribution in [3.8, 4) is 0 Å². The molecule has 2 N–H and O–H groups in total. The SMILES string of the molecule is COC(=O)[C@H](Cc1c2ccccc2cc2ccccc12)NC(=O)[C@@H](NC(=O)OCc1ccccc1)C(C)C. The van der Waals surface area contributed by atoms with Gasteiger partial charge in [0.25, 0.3) is 0 Å². The highest BCUT2D eigenvalue weighted by molar-refractivity contribution is 6.03. The summed E-state index contributed by atoms with van der Waals surface area (Å²) in [6, 6.07) is 25.4. The average Bonchev–Trinajstić information content (AvgIpc) is 2.94. The molecule has 0 aromatic heterocycles. The van der Waals surface area contributed by atoms with E-state index in [0.29, 0.717) is 0 Å². The lowest BCUT2D eigenvalue weighted by Crippen LogP contribution is -2.54. The summed E-state index contributed by atoms with van der Waals surface area (Å²) in [6.45, 7) is 3.71. The molecule has 0 aliphatic heterocycles. The predicted molar refractivity (Wildman–Crippen MR) is 147 cm³/mol. The van der Waals surface area contributed by atoms with Gasteiger partial charge in [-0.05, 0) is 44.7 Å². The second-order valence-corrected chi connectivity index (χ2v) is 9.51. The van der Waals surface area contributed by atoms with Crippen molar-refractivity contribution in [3.63, 3.8) is 0 Å². The van der Waals surface area contributed by atoms with Crippen LogP contribution in [0.3, 0.4) is 0 Å². The molecule has 2 atom stereocenters. The van der Waals surface area contributed by atoms with E-state index in [1.54, 1.807) is 0 Å². The smallest absolute Gasteiger partial charge is 0.408 e. The summed E-state index contributed by atoms with van der Waals surface area (Å²) < 4.78 is 10.4. The zero-order valence-electron chi connectivity index (χ0n) is 21.8. The molecule has 0 radical (unpaired) electrons. The van der Waals surface area contributed by atoms with E-state index < -0.39 is 30.1 Å². The van der Waals surface area contributed by atoms with Gasteiger partial charge in [-0.2, -0.15) is 0 Å². The zero-order chi connectivity index (χ0) is 27.1. The molecule has 2 amide bonds. The van der Waals surface area contributed by atoms with Crippen molar-refractivity contribution >= 4 is 39.5 Å². The Labute approximate surface area is 222 Å². The zero-order valence-corrected chi connectivity index (χ0v) is 21.8. The van der Waals surface area contributed by atoms with Gasteiger partial charge in [-0.25, -0.2) is 9.59 Å². The summed E-state index contributed by atoms with van der Waals surface area (Å²) in [6.07, 6.45) is -0.485. The number of rotatable bonds is 9. The maximum atomic E-state index is 13.4. The van der Waals surface area contributed by atoms with Crippen molar-refractivity contribution in [2.45, 2.75) is 39.0 Å². The first-order chi connectivity index (χ1) is 18.4. The molecule has 7 nitrogen and oxygen atoms in total. The fraction of sp³-hybridized carbons (Fsp3) is 0.258. The molecule has 7 heteroatoms. The van der Waals surface area contributed by atoms with Crippen LogP contribution in [0.15, 0.2) is 84.9 Å². The number of ether oxygens (including phenoxy) is 2. The van der Waals surface area contributed by atoms with E-state index in [9.17, 15) is 14.4 Å². The van der Waals surface area contributed by atoms with Crippen molar-refractivity contribution in [1.82, 2.24) is 10.6 Å². The summed E-state index contributed by atoms with van der Waals surface area (Å²) in [5, 5.41) is 9.55. The van der Waals surface area contributed by atoms with Gasteiger partial charge in [-0.1, -0.05) is 92.7 Å². The molecule has 0 aliphatic rings. The Morgan fingerprint density at radius 3 is 1.95 bits per heavy atom. The number of alkyl carbamates (subject to hydrolysis) is 1. The van der Waals surface area contributed by atoms with Crippen LogP contribution in [0.4, 0.5) is 4.79 Å². The highest BCUT2D eigenvalue weighted by atomic mass is 16.5. The van der Waals surface area contributed by atoms with Crippen LogP contribution in [0.1, 0.15) is 25.0 Å². The van der Waals surface area contributed by atoms with Crippen LogP contribution in [0.2, 0.25) is 0 Å². The quantitative estimate of drug-likeness (QED) is 0.239. The highest BCUT2D eigenvalue weighted by Gasteiger charge is 2.30. The van der Waals surface area contributed by atoms with Crippen LogP contribution in [0.25, 0.3) is 21.5 Å². The standard InChI is InChI=1S/C31H32N2O5/c1-20(2)28(33-31(36)38-19-21-11-5-4-6-12-21)29(34)32-27(30(35)37-3)18-26-24-15-9-7-13-22(24)17-23-14-8-10-16-25(23)26/h4-17,20,27-28H,18-19H2,1-3H3,(H,32,34)(H,33,36)/t27-,28-/m0/s1. The minimum atomic E-state index is -0.954. The van der Waals surface area contributed by atoms with Gasteiger partial charge in [-0.15, -0.1) is 0 Å². The number of fused-ring (bicyclic) bond motifs is 2. The van der Waals surface area contributed by atoms with Crippen molar-refractivity contribution in [2.24, 2.45) is 5.92 Å². The predicted octanol–water partition coefficient (Wildman–Crippen LogP) is 5.14. The number of amides is 2. The molecule has 38 heavy (non-hydrogen) atoms. The molecule has 0 fully saturated rings. The molecule has 0 saturated heterocycles. The van der Waals surface area contributed by atoms with Gasteiger partial charge in [0, 0.05) is 6.42 Å². The molecule has 196 valence electrons. The summed E-state index contributed by atoms with van der Waals surface area (Å²) in [5.41, 5.74) is 1.77. The minimum absolute atomic E-state index is 0.0814. The van der Waals surface area contributed by atoms with Crippen LogP contribution in [0.5, 0.6) is 0 Å². The molecule has 4 rings (SSSR count). The van der Waals surface area contributed by atoms with Crippen LogP contribution in [-0.4, -0.2) is 37.2 Å². The first kappa shape index (κ1) is 26.7. The average molecular weight is 513 g/mol. The van der Waals surface area contributed by atoms with Gasteiger partial charge < -0.3 is 20.1 Å². The molecular formula is C31H32N2O5. The van der Waals surface area contributed by atoms with Gasteiger partial charge in [0.15, 0.2) is 0 Å². The molecule has 0 aliphatic carbocycles. The van der Waals surface area contributed by atoms with Gasteiger partial charge in [-0.3, -0.25) is 4.79 Å². The van der Waals surface area contributed by atoms with Crippen molar-refractivity contribution < 1.29 is 23.9 Å². The Hall–Kier alpha value is -4.39. The summed E-state index contributed by atoms with van der Waals surface area (Å²) >= 11 is 0. The van der Waals surface area contributed by atoms with E-state index in [0.717, 1.165) is 32.7 Å². The minimum Gasteiger partial charge on any atom is -0.467 e. The molecule has 0 heterocycles. The van der Waals surface area contributed by atoms with E-state index in [1.165, 1.54) is 7.11 Å². The first-order valence-electron chi connectivity index (χ1n) is 12.6. The maximum Gasteiger partial charge on any atom is 0.408 e. The van der Waals surface area contributed by atoms with Crippen molar-refractivity contribution in [2.75, 3.05) is 7.11 Å². The van der Waals surface area contributed by atoms with Gasteiger partial charge in [0.1, 0.15) is 18.7 Å². The largest absolute Gasteiger partial charge is 0.467 e. The third-order valence-electron chi connectivity index (χ3n) is 6.53. The molecular weight excluding hydrogens is 480 g/mol. The topological polar surface area (TPSA) is 93.7 Å². The number of hydrogen-bond acceptors (Lipinski definition) is 5. The number of nitrogens with one attached hydrogen (secondary N) is 2. The number of esters is 1. The molecule has 0 unspecified atom stereocenters. The molecule has 0 saturated carbocycles. The normalized spacial score (nSPS) is 12.6. The molecule has 0 spiro atoms. The van der Waals surface area contributed by atoms with E-state index in [1.807, 2.05) is 92.7 Å². The third-order valence-corrected chi connectivity index (χ3v) is 6.53. The molecule has 0 bridgehead atoms. The fourth-order valence-corrected chi connectivity index (χ4v) is 4.56. The lowest BCUT2D eigenvalue weighted by Gasteiger charge is -2.25. The van der Waals surface area contributed by atoms with Crippen LogP contribution < -0.4 is 10.6 Å². The Morgan fingerprint density at radius 1 is 0.789 bits per heavy atom. The number of methoxy groups -OCH3 is 1. The second-order valence-electron chi connectivity index (χ2n) is 9.51. The van der Waals surface area contributed by atoms with Crippen LogP contribution >= 0.6 is 0 Å². The highest BCUT2D eigenvalue weighted by Crippen LogP contribution is 2.29. The van der Waals surface area contributed by atoms with Gasteiger partial charge in [0.2, 0.25) is 5.91 Å². The Kier molecular flexibility index (Phi) is 8.58. The van der Waals surface area contributed by atoms with Crippen molar-refractivity contribution in [3.05, 3.63) is 96.1 Å². The summed E-state index contributed by atoms with van der Waals surface area (Å²) in [4.78, 5) is 38.7. The van der Waals surface area contributed by atoms with Crippen LogP contribution in [-0.2, 0) is 32.1 Å². The van der Waals surface area contributed by atoms with E-state index >= 15 is 0 Å². The van der Waals surface area contributed by atoms with E-state index in [4.69, 9.17) is 9.47 Å². The lowest BCUT2D eigenvalue weighted by atomic mass is 9.92. The fourth-order valence-electron chi connectivity index (χ4n) is 4.56. The number of carbonyl (C=O) groups is 3. The van der Waals surface area contributed by atoms with E-state index in [2.05, 4.69) is 16.7 Å². The number of carbonyl (C=O) groups excluding carboxylic acids is 3. The van der Waals surface area contributed by atoms with Gasteiger partial charge >= 0.3 is 12.1 Å². The monoisotopic (exact) mass is 512 g/mol. The Balaban J connectivity index is 1.55. The Morgan fingerprint density at radius 2 is 1.37 bits per heavy atom. The number of benzene rings is 4. The summed E-state index contributed by atoms with van der Waals surface area (Å²) in [5.74, 6) is -1.31. The van der Waals surface area contributed by atoms with E-state index in [-0.39, 0.29) is 18.9 Å². The van der Waals surface area contributed by atoms with Gasteiger partial charge in [0.05, 0.1) is 7.11 Å². The number of hydrogen-bond donors (Lipinski definition) is 2.